The number of hydrogen-bond donors (Lipinski definition) is 0. The van der Waals surface area contributed by atoms with Crippen molar-refractivity contribution in [3.8, 4) is 0 Å². The average Bonchev–Trinajstić information content (AvgIpc) is 3.36. The molecule has 1 saturated heterocycles. The third kappa shape index (κ3) is 3.45. The summed E-state index contributed by atoms with van der Waals surface area (Å²) in [5, 5.41) is 0.520. The molecular formula is C27H29NO4. The molecular weight excluding hydrogens is 402 g/mol. The summed E-state index contributed by atoms with van der Waals surface area (Å²) in [5.41, 5.74) is 3.89. The number of rotatable bonds is 3. The Morgan fingerprint density at radius 1 is 1.06 bits per heavy atom. The summed E-state index contributed by atoms with van der Waals surface area (Å²) in [6.45, 7) is 9.62. The van der Waals surface area contributed by atoms with E-state index in [-0.39, 0.29) is 28.6 Å². The van der Waals surface area contributed by atoms with Crippen LogP contribution in [0.2, 0.25) is 0 Å². The molecule has 5 heteroatoms. The standard InChI is InChI=1S/C27H29NO4/c1-16-7-12-21-20(14-16)24(29)22-23(17-8-10-18(11-9-17)27(2,3)4)28(26(30)25(22)32-21)15-19-6-5-13-31-19/h7-12,14,19,23H,5-6,13,15H2,1-4H3. The van der Waals surface area contributed by atoms with Crippen LogP contribution in [0.15, 0.2) is 51.7 Å². The predicted molar refractivity (Wildman–Crippen MR) is 124 cm³/mol. The minimum absolute atomic E-state index is 0.0172. The van der Waals surface area contributed by atoms with Gasteiger partial charge in [-0.2, -0.15) is 0 Å². The number of fused-ring (bicyclic) bond motifs is 2. The molecule has 2 aromatic carbocycles. The SMILES string of the molecule is Cc1ccc2oc3c(c(=O)c2c1)C(c1ccc(C(C)(C)C)cc1)N(CC1CCCO1)C3=O. The molecule has 0 aliphatic carbocycles. The van der Waals surface area contributed by atoms with Crippen LogP contribution < -0.4 is 5.43 Å². The number of amides is 1. The van der Waals surface area contributed by atoms with Crippen molar-refractivity contribution < 1.29 is 13.9 Å². The molecule has 166 valence electrons. The summed E-state index contributed by atoms with van der Waals surface area (Å²) in [7, 11) is 0. The summed E-state index contributed by atoms with van der Waals surface area (Å²) >= 11 is 0. The number of carbonyl (C=O) groups excluding carboxylic acids is 1. The lowest BCUT2D eigenvalue weighted by molar-refractivity contribution is 0.0486. The first-order valence-electron chi connectivity index (χ1n) is 11.3. The summed E-state index contributed by atoms with van der Waals surface area (Å²) in [6.07, 6.45) is 1.89. The minimum atomic E-state index is -0.475. The quantitative estimate of drug-likeness (QED) is 0.577. The zero-order chi connectivity index (χ0) is 22.6. The van der Waals surface area contributed by atoms with Gasteiger partial charge in [-0.1, -0.05) is 56.7 Å². The molecule has 3 heterocycles. The van der Waals surface area contributed by atoms with Gasteiger partial charge in [0.2, 0.25) is 5.76 Å². The van der Waals surface area contributed by atoms with Crippen molar-refractivity contribution in [3.05, 3.63) is 80.7 Å². The van der Waals surface area contributed by atoms with E-state index >= 15 is 0 Å². The van der Waals surface area contributed by atoms with Crippen LogP contribution in [0, 0.1) is 6.92 Å². The maximum atomic E-state index is 13.6. The molecule has 1 amide bonds. The van der Waals surface area contributed by atoms with Gasteiger partial charge in [-0.05, 0) is 48.4 Å². The topological polar surface area (TPSA) is 59.8 Å². The molecule has 5 rings (SSSR count). The summed E-state index contributed by atoms with van der Waals surface area (Å²) < 4.78 is 11.9. The van der Waals surface area contributed by atoms with Crippen LogP contribution in [0.5, 0.6) is 0 Å². The lowest BCUT2D eigenvalue weighted by Gasteiger charge is -2.28. The normalized spacial score (nSPS) is 20.9. The average molecular weight is 432 g/mol. The van der Waals surface area contributed by atoms with Crippen LogP contribution in [0.3, 0.4) is 0 Å². The van der Waals surface area contributed by atoms with Crippen LogP contribution >= 0.6 is 0 Å². The molecule has 5 nitrogen and oxygen atoms in total. The van der Waals surface area contributed by atoms with Crippen molar-refractivity contribution in [3.63, 3.8) is 0 Å². The second-order valence-electron chi connectivity index (χ2n) is 10.0. The Morgan fingerprint density at radius 3 is 2.47 bits per heavy atom. The summed E-state index contributed by atoms with van der Waals surface area (Å²) in [5.74, 6) is -0.0748. The van der Waals surface area contributed by atoms with Crippen molar-refractivity contribution >= 4 is 16.9 Å². The lowest BCUT2D eigenvalue weighted by Crippen LogP contribution is -2.36. The van der Waals surface area contributed by atoms with Crippen LogP contribution in [0.1, 0.15) is 72.5 Å². The van der Waals surface area contributed by atoms with Crippen LogP contribution in [0.4, 0.5) is 0 Å². The first-order valence-corrected chi connectivity index (χ1v) is 11.3. The van der Waals surface area contributed by atoms with Gasteiger partial charge < -0.3 is 14.1 Å². The molecule has 1 fully saturated rings. The fourth-order valence-corrected chi connectivity index (χ4v) is 4.84. The molecule has 0 saturated carbocycles. The Kier molecular flexibility index (Phi) is 4.97. The van der Waals surface area contributed by atoms with Gasteiger partial charge in [0.05, 0.1) is 23.1 Å². The Bertz CT molecular complexity index is 1240. The van der Waals surface area contributed by atoms with E-state index in [4.69, 9.17) is 9.15 Å². The zero-order valence-electron chi connectivity index (χ0n) is 19.1. The minimum Gasteiger partial charge on any atom is -0.450 e. The van der Waals surface area contributed by atoms with E-state index in [0.29, 0.717) is 29.7 Å². The molecule has 0 radical (unpaired) electrons. The van der Waals surface area contributed by atoms with Gasteiger partial charge in [0.15, 0.2) is 5.43 Å². The summed E-state index contributed by atoms with van der Waals surface area (Å²) in [4.78, 5) is 28.9. The van der Waals surface area contributed by atoms with Crippen LogP contribution in [-0.2, 0) is 10.2 Å². The molecule has 0 bridgehead atoms. The van der Waals surface area contributed by atoms with Gasteiger partial charge in [-0.25, -0.2) is 0 Å². The predicted octanol–water partition coefficient (Wildman–Crippen LogP) is 5.12. The van der Waals surface area contributed by atoms with Crippen molar-refractivity contribution in [2.24, 2.45) is 0 Å². The molecule has 2 aliphatic rings. The second kappa shape index (κ2) is 7.59. The Balaban J connectivity index is 1.67. The number of aryl methyl sites for hydroxylation is 1. The molecule has 32 heavy (non-hydrogen) atoms. The molecule has 1 aromatic heterocycles. The fourth-order valence-electron chi connectivity index (χ4n) is 4.84. The van der Waals surface area contributed by atoms with Crippen molar-refractivity contribution in [1.29, 1.82) is 0 Å². The highest BCUT2D eigenvalue weighted by Crippen LogP contribution is 2.39. The summed E-state index contributed by atoms with van der Waals surface area (Å²) in [6, 6.07) is 13.3. The van der Waals surface area contributed by atoms with E-state index in [0.717, 1.165) is 24.0 Å². The number of hydrogen-bond acceptors (Lipinski definition) is 4. The van der Waals surface area contributed by atoms with E-state index in [1.54, 1.807) is 11.0 Å². The van der Waals surface area contributed by atoms with Crippen molar-refractivity contribution in [1.82, 2.24) is 4.90 Å². The molecule has 0 spiro atoms. The lowest BCUT2D eigenvalue weighted by atomic mass is 9.86. The van der Waals surface area contributed by atoms with Gasteiger partial charge in [0.1, 0.15) is 5.58 Å². The number of carbonyl (C=O) groups is 1. The first kappa shape index (κ1) is 21.0. The highest BCUT2D eigenvalue weighted by molar-refractivity contribution is 5.99. The van der Waals surface area contributed by atoms with Crippen molar-refractivity contribution in [2.45, 2.75) is 58.1 Å². The third-order valence-corrected chi connectivity index (χ3v) is 6.64. The zero-order valence-corrected chi connectivity index (χ0v) is 19.1. The van der Waals surface area contributed by atoms with E-state index in [1.165, 1.54) is 5.56 Å². The second-order valence-corrected chi connectivity index (χ2v) is 10.0. The highest BCUT2D eigenvalue weighted by Gasteiger charge is 2.44. The number of nitrogens with zero attached hydrogens (tertiary/aromatic N) is 1. The molecule has 2 unspecified atom stereocenters. The molecule has 2 aliphatic heterocycles. The van der Waals surface area contributed by atoms with E-state index in [9.17, 15) is 9.59 Å². The Labute approximate surface area is 188 Å². The van der Waals surface area contributed by atoms with Gasteiger partial charge >= 0.3 is 0 Å². The van der Waals surface area contributed by atoms with Crippen LogP contribution in [0.25, 0.3) is 11.0 Å². The Hall–Kier alpha value is -2.92. The van der Waals surface area contributed by atoms with E-state index < -0.39 is 6.04 Å². The Morgan fingerprint density at radius 2 is 1.81 bits per heavy atom. The van der Waals surface area contributed by atoms with Gasteiger partial charge in [-0.3, -0.25) is 9.59 Å². The molecule has 0 N–H and O–H groups in total. The van der Waals surface area contributed by atoms with E-state index in [1.807, 2.05) is 31.2 Å². The fraction of sp³-hybridized carbons (Fsp3) is 0.407. The van der Waals surface area contributed by atoms with Gasteiger partial charge in [-0.15, -0.1) is 0 Å². The monoisotopic (exact) mass is 431 g/mol. The van der Waals surface area contributed by atoms with E-state index in [2.05, 4.69) is 32.9 Å². The largest absolute Gasteiger partial charge is 0.450 e. The molecule has 3 aromatic rings. The van der Waals surface area contributed by atoms with Gasteiger partial charge in [0.25, 0.3) is 5.91 Å². The van der Waals surface area contributed by atoms with Crippen LogP contribution in [-0.4, -0.2) is 30.1 Å². The molecule has 2 atom stereocenters. The third-order valence-electron chi connectivity index (χ3n) is 6.64. The smallest absolute Gasteiger partial charge is 0.291 e. The van der Waals surface area contributed by atoms with Crippen molar-refractivity contribution in [2.75, 3.05) is 13.2 Å². The maximum Gasteiger partial charge on any atom is 0.291 e. The number of ether oxygens (including phenoxy) is 1. The first-order chi connectivity index (χ1) is 15.2. The highest BCUT2D eigenvalue weighted by atomic mass is 16.5. The number of benzene rings is 2. The maximum absolute atomic E-state index is 13.6. The van der Waals surface area contributed by atoms with Gasteiger partial charge in [0, 0.05) is 13.2 Å².